The molecule has 0 saturated heterocycles. The summed E-state index contributed by atoms with van der Waals surface area (Å²) in [6.45, 7) is 3.96. The van der Waals surface area contributed by atoms with Crippen LogP contribution in [-0.4, -0.2) is 27.5 Å². The second-order valence-corrected chi connectivity index (χ2v) is 8.75. The average Bonchev–Trinajstić information content (AvgIpc) is 2.89. The van der Waals surface area contributed by atoms with Gasteiger partial charge < -0.3 is 15.2 Å². The fraction of sp³-hybridized carbons (Fsp3) is 0.276. The van der Waals surface area contributed by atoms with Crippen LogP contribution in [0.25, 0.3) is 21.7 Å². The zero-order valence-corrected chi connectivity index (χ0v) is 20.1. The van der Waals surface area contributed by atoms with E-state index in [0.29, 0.717) is 30.6 Å². The number of aliphatic carboxylic acids is 1. The summed E-state index contributed by atoms with van der Waals surface area (Å²) >= 11 is 0. The summed E-state index contributed by atoms with van der Waals surface area (Å²) in [4.78, 5) is 30.3. The number of hydrogen-bond acceptors (Lipinski definition) is 4. The van der Waals surface area contributed by atoms with Gasteiger partial charge in [0, 0.05) is 10.8 Å². The molecule has 0 radical (unpaired) electrons. The number of carbonyl (C=O) groups excluding carboxylic acids is 1. The molecule has 0 aliphatic carbocycles. The molecule has 4 aromatic rings. The number of amides is 1. The number of aromatic nitrogens is 1. The Hall–Kier alpha value is -3.93. The minimum absolute atomic E-state index is 0.173. The van der Waals surface area contributed by atoms with Crippen molar-refractivity contribution >= 4 is 33.6 Å². The summed E-state index contributed by atoms with van der Waals surface area (Å²) in [5.41, 5.74) is 0.588. The summed E-state index contributed by atoms with van der Waals surface area (Å²) in [5.74, 6) is -1.07. The van der Waals surface area contributed by atoms with E-state index in [4.69, 9.17) is 4.74 Å². The molecule has 2 N–H and O–H groups in total. The van der Waals surface area contributed by atoms with Gasteiger partial charge in [0.05, 0.1) is 16.8 Å². The second kappa shape index (κ2) is 10.6. The van der Waals surface area contributed by atoms with Crippen molar-refractivity contribution in [2.75, 3.05) is 0 Å². The van der Waals surface area contributed by atoms with E-state index in [1.807, 2.05) is 73.7 Å². The largest absolute Gasteiger partial charge is 0.486 e. The average molecular weight is 471 g/mol. The summed E-state index contributed by atoms with van der Waals surface area (Å²) < 4.78 is 6.23. The fourth-order valence-corrected chi connectivity index (χ4v) is 4.31. The Morgan fingerprint density at radius 1 is 0.943 bits per heavy atom. The lowest BCUT2D eigenvalue weighted by Gasteiger charge is -2.30. The van der Waals surface area contributed by atoms with Gasteiger partial charge in [-0.3, -0.25) is 4.79 Å². The summed E-state index contributed by atoms with van der Waals surface area (Å²) in [5, 5.41) is 15.5. The molecule has 1 heterocycles. The van der Waals surface area contributed by atoms with Crippen LogP contribution in [0.3, 0.4) is 0 Å². The molecule has 0 saturated carbocycles. The lowest BCUT2D eigenvalue weighted by atomic mass is 9.89. The third-order valence-electron chi connectivity index (χ3n) is 6.47. The maximum absolute atomic E-state index is 13.5. The van der Waals surface area contributed by atoms with E-state index in [0.717, 1.165) is 33.8 Å². The normalized spacial score (nSPS) is 12.9. The highest BCUT2D eigenvalue weighted by atomic mass is 16.5. The van der Waals surface area contributed by atoms with Crippen LogP contribution in [0.1, 0.15) is 55.6 Å². The zero-order valence-electron chi connectivity index (χ0n) is 20.1. The number of nitrogens with one attached hydrogen (secondary N) is 1. The maximum atomic E-state index is 13.5. The van der Waals surface area contributed by atoms with E-state index in [-0.39, 0.29) is 6.61 Å². The lowest BCUT2D eigenvalue weighted by Crippen LogP contribution is -2.54. The minimum atomic E-state index is -1.32. The predicted molar refractivity (Wildman–Crippen MR) is 138 cm³/mol. The molecule has 0 bridgehead atoms. The van der Waals surface area contributed by atoms with Crippen LogP contribution in [0, 0.1) is 0 Å². The molecule has 6 nitrogen and oxygen atoms in total. The molecule has 1 unspecified atom stereocenters. The number of para-hydroxylation sites is 1. The van der Waals surface area contributed by atoms with Crippen molar-refractivity contribution in [3.8, 4) is 5.75 Å². The van der Waals surface area contributed by atoms with Crippen LogP contribution >= 0.6 is 0 Å². The number of carbonyl (C=O) groups is 2. The Labute approximate surface area is 205 Å². The Balaban J connectivity index is 1.68. The standard InChI is InChI=1S/C29H30N2O4/c1-3-5-18-29(4-2,28(33)34)31-27(32)24-17-15-20-10-6-8-12-23(20)26(24)35-19-22-16-14-21-11-7-9-13-25(21)30-22/h6-17H,3-5,18-19H2,1-2H3,(H,31,32)(H,33,34). The number of pyridine rings is 1. The van der Waals surface area contributed by atoms with Gasteiger partial charge in [-0.25, -0.2) is 9.78 Å². The van der Waals surface area contributed by atoms with Gasteiger partial charge in [0.1, 0.15) is 17.9 Å². The third kappa shape index (κ3) is 5.11. The molecule has 0 spiro atoms. The summed E-state index contributed by atoms with van der Waals surface area (Å²) in [7, 11) is 0. The minimum Gasteiger partial charge on any atom is -0.486 e. The number of rotatable bonds is 10. The van der Waals surface area contributed by atoms with Gasteiger partial charge in [0.25, 0.3) is 5.91 Å². The van der Waals surface area contributed by atoms with Gasteiger partial charge in [0.15, 0.2) is 0 Å². The quantitative estimate of drug-likeness (QED) is 0.291. The number of ether oxygens (including phenoxy) is 1. The molecule has 0 aliphatic heterocycles. The van der Waals surface area contributed by atoms with E-state index in [1.54, 1.807) is 13.0 Å². The van der Waals surface area contributed by atoms with Gasteiger partial charge in [-0.15, -0.1) is 0 Å². The number of benzene rings is 3. The van der Waals surface area contributed by atoms with Crippen LogP contribution in [0.4, 0.5) is 0 Å². The molecule has 1 atom stereocenters. The summed E-state index contributed by atoms with van der Waals surface area (Å²) in [6, 6.07) is 23.0. The first kappa shape index (κ1) is 24.2. The van der Waals surface area contributed by atoms with Crippen LogP contribution < -0.4 is 10.1 Å². The summed E-state index contributed by atoms with van der Waals surface area (Å²) in [6.07, 6.45) is 2.20. The number of carboxylic acid groups (broad SMARTS) is 1. The van der Waals surface area contributed by atoms with E-state index < -0.39 is 17.4 Å². The van der Waals surface area contributed by atoms with Crippen molar-refractivity contribution < 1.29 is 19.4 Å². The number of fused-ring (bicyclic) bond motifs is 2. The number of hydrogen-bond donors (Lipinski definition) is 2. The van der Waals surface area contributed by atoms with Crippen LogP contribution in [-0.2, 0) is 11.4 Å². The van der Waals surface area contributed by atoms with Crippen molar-refractivity contribution in [3.05, 3.63) is 84.1 Å². The van der Waals surface area contributed by atoms with Crippen molar-refractivity contribution in [2.24, 2.45) is 0 Å². The van der Waals surface area contributed by atoms with Crippen molar-refractivity contribution in [1.29, 1.82) is 0 Å². The topological polar surface area (TPSA) is 88.5 Å². The van der Waals surface area contributed by atoms with Crippen LogP contribution in [0.2, 0.25) is 0 Å². The monoisotopic (exact) mass is 470 g/mol. The molecule has 1 aromatic heterocycles. The lowest BCUT2D eigenvalue weighted by molar-refractivity contribution is -0.145. The third-order valence-corrected chi connectivity index (χ3v) is 6.47. The highest BCUT2D eigenvalue weighted by Gasteiger charge is 2.38. The van der Waals surface area contributed by atoms with Gasteiger partial charge in [-0.1, -0.05) is 81.3 Å². The fourth-order valence-electron chi connectivity index (χ4n) is 4.31. The SMILES string of the molecule is CCCCC(CC)(NC(=O)c1ccc2ccccc2c1OCc1ccc2ccccc2n1)C(=O)O. The molecule has 1 amide bonds. The maximum Gasteiger partial charge on any atom is 0.329 e. The molecule has 0 aliphatic rings. The van der Waals surface area contributed by atoms with Crippen molar-refractivity contribution in [2.45, 2.75) is 51.7 Å². The molecular weight excluding hydrogens is 440 g/mol. The number of carboxylic acids is 1. The van der Waals surface area contributed by atoms with Gasteiger partial charge in [0.2, 0.25) is 0 Å². The predicted octanol–water partition coefficient (Wildman–Crippen LogP) is 6.12. The molecule has 35 heavy (non-hydrogen) atoms. The van der Waals surface area contributed by atoms with Crippen molar-refractivity contribution in [3.63, 3.8) is 0 Å². The highest BCUT2D eigenvalue weighted by molar-refractivity contribution is 6.05. The smallest absolute Gasteiger partial charge is 0.329 e. The van der Waals surface area contributed by atoms with E-state index >= 15 is 0 Å². The molecular formula is C29H30N2O4. The first-order valence-electron chi connectivity index (χ1n) is 12.0. The number of nitrogens with zero attached hydrogens (tertiary/aromatic N) is 1. The Bertz CT molecular complexity index is 1370. The number of unbranched alkanes of at least 4 members (excludes halogenated alkanes) is 1. The molecule has 180 valence electrons. The molecule has 0 fully saturated rings. The second-order valence-electron chi connectivity index (χ2n) is 8.75. The van der Waals surface area contributed by atoms with E-state index in [9.17, 15) is 14.7 Å². The first-order chi connectivity index (χ1) is 17.0. The zero-order chi connectivity index (χ0) is 24.8. The van der Waals surface area contributed by atoms with Gasteiger partial charge in [-0.05, 0) is 36.4 Å². The van der Waals surface area contributed by atoms with Crippen molar-refractivity contribution in [1.82, 2.24) is 10.3 Å². The van der Waals surface area contributed by atoms with Crippen LogP contribution in [0.15, 0.2) is 72.8 Å². The molecule has 3 aromatic carbocycles. The highest BCUT2D eigenvalue weighted by Crippen LogP contribution is 2.32. The first-order valence-corrected chi connectivity index (χ1v) is 12.0. The Morgan fingerprint density at radius 3 is 2.40 bits per heavy atom. The van der Waals surface area contributed by atoms with Gasteiger partial charge in [-0.2, -0.15) is 0 Å². The van der Waals surface area contributed by atoms with E-state index in [1.165, 1.54) is 0 Å². The Kier molecular flexibility index (Phi) is 7.30. The van der Waals surface area contributed by atoms with Gasteiger partial charge >= 0.3 is 5.97 Å². The molecule has 4 rings (SSSR count). The van der Waals surface area contributed by atoms with Crippen LogP contribution in [0.5, 0.6) is 5.75 Å². The Morgan fingerprint density at radius 2 is 1.66 bits per heavy atom. The van der Waals surface area contributed by atoms with E-state index in [2.05, 4.69) is 10.3 Å². The molecule has 6 heteroatoms.